The number of nitrogen functional groups attached to an aromatic ring is 1. The van der Waals surface area contributed by atoms with Gasteiger partial charge in [-0.05, 0) is 29.7 Å². The maximum atomic E-state index is 5.94. The van der Waals surface area contributed by atoms with Crippen molar-refractivity contribution >= 4 is 22.3 Å². The van der Waals surface area contributed by atoms with Gasteiger partial charge in [0.15, 0.2) is 0 Å². The SMILES string of the molecule is CC(C)(C)CNc1ccc(N)c2cccnc12. The molecule has 3 nitrogen and oxygen atoms in total. The predicted octanol–water partition coefficient (Wildman–Crippen LogP) is 3.28. The molecule has 2 aromatic rings. The first-order valence-electron chi connectivity index (χ1n) is 5.84. The molecule has 3 heteroatoms. The van der Waals surface area contributed by atoms with Crippen molar-refractivity contribution in [3.05, 3.63) is 30.5 Å². The lowest BCUT2D eigenvalue weighted by Crippen LogP contribution is -2.19. The second kappa shape index (κ2) is 4.24. The summed E-state index contributed by atoms with van der Waals surface area (Å²) in [4.78, 5) is 4.40. The fraction of sp³-hybridized carbons (Fsp3) is 0.357. The van der Waals surface area contributed by atoms with Gasteiger partial charge in [-0.2, -0.15) is 0 Å². The van der Waals surface area contributed by atoms with Gasteiger partial charge in [0.1, 0.15) is 0 Å². The minimum Gasteiger partial charge on any atom is -0.398 e. The molecule has 0 atom stereocenters. The van der Waals surface area contributed by atoms with Gasteiger partial charge in [0, 0.05) is 23.8 Å². The van der Waals surface area contributed by atoms with E-state index in [-0.39, 0.29) is 5.41 Å². The van der Waals surface area contributed by atoms with E-state index in [1.54, 1.807) is 6.20 Å². The third-order valence-electron chi connectivity index (χ3n) is 2.61. The van der Waals surface area contributed by atoms with E-state index >= 15 is 0 Å². The van der Waals surface area contributed by atoms with Crippen molar-refractivity contribution in [2.75, 3.05) is 17.6 Å². The van der Waals surface area contributed by atoms with E-state index in [2.05, 4.69) is 31.1 Å². The zero-order valence-corrected chi connectivity index (χ0v) is 10.6. The summed E-state index contributed by atoms with van der Waals surface area (Å²) in [6.45, 7) is 7.51. The molecule has 90 valence electrons. The van der Waals surface area contributed by atoms with Crippen molar-refractivity contribution in [1.82, 2.24) is 4.98 Å². The third-order valence-corrected chi connectivity index (χ3v) is 2.61. The maximum absolute atomic E-state index is 5.94. The Kier molecular flexibility index (Phi) is 2.92. The summed E-state index contributed by atoms with van der Waals surface area (Å²) >= 11 is 0. The van der Waals surface area contributed by atoms with Crippen LogP contribution in [0.5, 0.6) is 0 Å². The Labute approximate surface area is 102 Å². The summed E-state index contributed by atoms with van der Waals surface area (Å²) in [5, 5.41) is 4.44. The number of anilines is 2. The van der Waals surface area contributed by atoms with Crippen LogP contribution in [0, 0.1) is 5.41 Å². The van der Waals surface area contributed by atoms with Gasteiger partial charge in [0.25, 0.3) is 0 Å². The number of hydrogen-bond donors (Lipinski definition) is 2. The molecule has 0 bridgehead atoms. The van der Waals surface area contributed by atoms with Crippen LogP contribution in [0.4, 0.5) is 11.4 Å². The Morgan fingerprint density at radius 2 is 2.00 bits per heavy atom. The number of aromatic nitrogens is 1. The van der Waals surface area contributed by atoms with Crippen LogP contribution in [0.2, 0.25) is 0 Å². The molecule has 0 amide bonds. The van der Waals surface area contributed by atoms with Crippen molar-refractivity contribution in [3.63, 3.8) is 0 Å². The molecule has 0 spiro atoms. The molecule has 3 N–H and O–H groups in total. The number of pyridine rings is 1. The van der Waals surface area contributed by atoms with Crippen molar-refractivity contribution in [2.24, 2.45) is 5.41 Å². The highest BCUT2D eigenvalue weighted by atomic mass is 14.9. The second-order valence-electron chi connectivity index (χ2n) is 5.52. The standard InChI is InChI=1S/C14H19N3/c1-14(2,3)9-17-12-7-6-11(15)10-5-4-8-16-13(10)12/h4-8,17H,9,15H2,1-3H3. The second-order valence-corrected chi connectivity index (χ2v) is 5.52. The van der Waals surface area contributed by atoms with Crippen LogP contribution in [-0.2, 0) is 0 Å². The molecule has 0 radical (unpaired) electrons. The molecule has 0 aliphatic carbocycles. The number of rotatable bonds is 2. The van der Waals surface area contributed by atoms with Gasteiger partial charge in [0.05, 0.1) is 11.2 Å². The van der Waals surface area contributed by atoms with Crippen LogP contribution in [0.15, 0.2) is 30.5 Å². The summed E-state index contributed by atoms with van der Waals surface area (Å²) in [6, 6.07) is 7.83. The van der Waals surface area contributed by atoms with Crippen molar-refractivity contribution in [3.8, 4) is 0 Å². The topological polar surface area (TPSA) is 50.9 Å². The highest BCUT2D eigenvalue weighted by Crippen LogP contribution is 2.27. The van der Waals surface area contributed by atoms with Crippen LogP contribution in [0.3, 0.4) is 0 Å². The smallest absolute Gasteiger partial charge is 0.0953 e. The summed E-state index contributed by atoms with van der Waals surface area (Å²) in [5.74, 6) is 0. The highest BCUT2D eigenvalue weighted by Gasteiger charge is 2.11. The van der Waals surface area contributed by atoms with E-state index in [9.17, 15) is 0 Å². The van der Waals surface area contributed by atoms with E-state index in [4.69, 9.17) is 5.73 Å². The van der Waals surface area contributed by atoms with Gasteiger partial charge in [-0.25, -0.2) is 0 Å². The first-order valence-corrected chi connectivity index (χ1v) is 5.84. The van der Waals surface area contributed by atoms with Gasteiger partial charge in [-0.3, -0.25) is 4.98 Å². The number of fused-ring (bicyclic) bond motifs is 1. The molecular weight excluding hydrogens is 210 g/mol. The molecule has 1 aromatic heterocycles. The normalized spacial score (nSPS) is 11.7. The average molecular weight is 229 g/mol. The summed E-state index contributed by atoms with van der Waals surface area (Å²) in [6.07, 6.45) is 1.80. The number of hydrogen-bond acceptors (Lipinski definition) is 3. The van der Waals surface area contributed by atoms with Gasteiger partial charge in [-0.1, -0.05) is 20.8 Å². The summed E-state index contributed by atoms with van der Waals surface area (Å²) < 4.78 is 0. The molecule has 0 saturated heterocycles. The number of nitrogens with zero attached hydrogens (tertiary/aromatic N) is 1. The Morgan fingerprint density at radius 1 is 1.24 bits per heavy atom. The lowest BCUT2D eigenvalue weighted by Gasteiger charge is -2.20. The molecule has 0 fully saturated rings. The van der Waals surface area contributed by atoms with Crippen LogP contribution in [0.1, 0.15) is 20.8 Å². The molecule has 0 unspecified atom stereocenters. The molecule has 0 aliphatic rings. The Balaban J connectivity index is 2.38. The predicted molar refractivity (Wildman–Crippen MR) is 74.1 cm³/mol. The fourth-order valence-corrected chi connectivity index (χ4v) is 1.70. The first-order chi connectivity index (χ1) is 7.97. The highest BCUT2D eigenvalue weighted by molar-refractivity contribution is 5.98. The van der Waals surface area contributed by atoms with E-state index < -0.39 is 0 Å². The Hall–Kier alpha value is -1.77. The third kappa shape index (κ3) is 2.67. The molecule has 0 aliphatic heterocycles. The van der Waals surface area contributed by atoms with Crippen molar-refractivity contribution in [1.29, 1.82) is 0 Å². The molecule has 0 saturated carbocycles. The molecule has 2 rings (SSSR count). The van der Waals surface area contributed by atoms with E-state index in [1.165, 1.54) is 0 Å². The van der Waals surface area contributed by atoms with Crippen LogP contribution in [0.25, 0.3) is 10.9 Å². The van der Waals surface area contributed by atoms with Gasteiger partial charge in [-0.15, -0.1) is 0 Å². The number of nitrogens with one attached hydrogen (secondary N) is 1. The number of nitrogens with two attached hydrogens (primary N) is 1. The maximum Gasteiger partial charge on any atom is 0.0953 e. The van der Waals surface area contributed by atoms with Gasteiger partial charge >= 0.3 is 0 Å². The zero-order chi connectivity index (χ0) is 12.5. The van der Waals surface area contributed by atoms with Crippen molar-refractivity contribution in [2.45, 2.75) is 20.8 Å². The summed E-state index contributed by atoms with van der Waals surface area (Å²) in [5.41, 5.74) is 8.94. The lowest BCUT2D eigenvalue weighted by molar-refractivity contribution is 0.443. The molecule has 1 heterocycles. The quantitative estimate of drug-likeness (QED) is 0.777. The largest absolute Gasteiger partial charge is 0.398 e. The Bertz CT molecular complexity index is 526. The van der Waals surface area contributed by atoms with E-state index in [1.807, 2.05) is 24.3 Å². The monoisotopic (exact) mass is 229 g/mol. The van der Waals surface area contributed by atoms with Crippen LogP contribution >= 0.6 is 0 Å². The van der Waals surface area contributed by atoms with Gasteiger partial charge in [0.2, 0.25) is 0 Å². The zero-order valence-electron chi connectivity index (χ0n) is 10.6. The first kappa shape index (κ1) is 11.7. The van der Waals surface area contributed by atoms with E-state index in [0.29, 0.717) is 0 Å². The van der Waals surface area contributed by atoms with Gasteiger partial charge < -0.3 is 11.1 Å². The molecular formula is C14H19N3. The number of benzene rings is 1. The molecule has 1 aromatic carbocycles. The minimum atomic E-state index is 0.239. The van der Waals surface area contributed by atoms with Crippen LogP contribution in [-0.4, -0.2) is 11.5 Å². The summed E-state index contributed by atoms with van der Waals surface area (Å²) in [7, 11) is 0. The average Bonchev–Trinajstić information content (AvgIpc) is 2.27. The minimum absolute atomic E-state index is 0.239. The van der Waals surface area contributed by atoms with Crippen LogP contribution < -0.4 is 11.1 Å². The van der Waals surface area contributed by atoms with Crippen molar-refractivity contribution < 1.29 is 0 Å². The Morgan fingerprint density at radius 3 is 2.71 bits per heavy atom. The molecule has 17 heavy (non-hydrogen) atoms. The fourth-order valence-electron chi connectivity index (χ4n) is 1.70. The van der Waals surface area contributed by atoms with E-state index in [0.717, 1.165) is 28.8 Å². The lowest BCUT2D eigenvalue weighted by atomic mass is 9.97.